The summed E-state index contributed by atoms with van der Waals surface area (Å²) in [5.41, 5.74) is 0.849. The van der Waals surface area contributed by atoms with Crippen molar-refractivity contribution >= 4 is 23.2 Å². The lowest BCUT2D eigenvalue weighted by atomic mass is 10.0. The maximum Gasteiger partial charge on any atom is 0.240 e. The molecule has 3 rings (SSSR count). The molecule has 2 fully saturated rings. The van der Waals surface area contributed by atoms with Gasteiger partial charge in [-0.25, -0.2) is 0 Å². The highest BCUT2D eigenvalue weighted by molar-refractivity contribution is 6.13. The number of nitrogens with zero attached hydrogens (tertiary/aromatic N) is 1. The predicted octanol–water partition coefficient (Wildman–Crippen LogP) is 2.01. The van der Waals surface area contributed by atoms with E-state index in [-0.39, 0.29) is 11.8 Å². The normalized spacial score (nSPS) is 18.8. The number of carbonyl (C=O) groups excluding carboxylic acids is 2. The highest BCUT2D eigenvalue weighted by atomic mass is 16.5. The van der Waals surface area contributed by atoms with Gasteiger partial charge in [-0.05, 0) is 30.9 Å². The molecule has 6 nitrogen and oxygen atoms in total. The van der Waals surface area contributed by atoms with Crippen LogP contribution in [0.25, 0.3) is 0 Å². The van der Waals surface area contributed by atoms with E-state index >= 15 is 0 Å². The number of morpholine rings is 1. The van der Waals surface area contributed by atoms with Gasteiger partial charge in [-0.1, -0.05) is 26.0 Å². The Morgan fingerprint density at radius 1 is 1.16 bits per heavy atom. The van der Waals surface area contributed by atoms with Gasteiger partial charge >= 0.3 is 0 Å². The third-order valence-electron chi connectivity index (χ3n) is 4.79. The van der Waals surface area contributed by atoms with Crippen LogP contribution in [0.15, 0.2) is 24.3 Å². The number of benzene rings is 1. The fraction of sp³-hybridized carbons (Fsp3) is 0.579. The largest absolute Gasteiger partial charge is 0.378 e. The number of para-hydroxylation sites is 2. The van der Waals surface area contributed by atoms with Crippen molar-refractivity contribution in [2.24, 2.45) is 11.3 Å². The van der Waals surface area contributed by atoms with Crippen molar-refractivity contribution in [2.45, 2.75) is 26.7 Å². The van der Waals surface area contributed by atoms with E-state index in [0.717, 1.165) is 24.5 Å². The summed E-state index contributed by atoms with van der Waals surface area (Å²) < 4.78 is 5.40. The van der Waals surface area contributed by atoms with E-state index < -0.39 is 5.41 Å². The molecular weight excluding hydrogens is 318 g/mol. The molecule has 6 heteroatoms. The van der Waals surface area contributed by atoms with Crippen molar-refractivity contribution < 1.29 is 14.3 Å². The minimum Gasteiger partial charge on any atom is -0.378 e. The first-order valence-corrected chi connectivity index (χ1v) is 9.04. The number of hydrogen-bond donors (Lipinski definition) is 2. The highest BCUT2D eigenvalue weighted by Gasteiger charge is 2.56. The second-order valence-electron chi connectivity index (χ2n) is 7.26. The van der Waals surface area contributed by atoms with Crippen LogP contribution in [0.2, 0.25) is 0 Å². The van der Waals surface area contributed by atoms with Crippen LogP contribution in [0, 0.1) is 11.3 Å². The smallest absolute Gasteiger partial charge is 0.240 e. The number of amides is 2. The monoisotopic (exact) mass is 345 g/mol. The highest BCUT2D eigenvalue weighted by Crippen LogP contribution is 2.47. The van der Waals surface area contributed by atoms with Crippen molar-refractivity contribution in [3.63, 3.8) is 0 Å². The van der Waals surface area contributed by atoms with Crippen molar-refractivity contribution in [3.05, 3.63) is 24.3 Å². The fourth-order valence-electron chi connectivity index (χ4n) is 3.05. The fourth-order valence-corrected chi connectivity index (χ4v) is 3.05. The molecule has 1 aliphatic carbocycles. The maximum absolute atomic E-state index is 12.8. The van der Waals surface area contributed by atoms with Crippen LogP contribution in [0.3, 0.4) is 0 Å². The van der Waals surface area contributed by atoms with Crippen LogP contribution in [-0.2, 0) is 14.3 Å². The number of ether oxygens (including phenoxy) is 1. The minimum atomic E-state index is -0.896. The molecule has 1 saturated carbocycles. The van der Waals surface area contributed by atoms with Gasteiger partial charge in [0.25, 0.3) is 0 Å². The summed E-state index contributed by atoms with van der Waals surface area (Å²) in [7, 11) is 0. The lowest BCUT2D eigenvalue weighted by Crippen LogP contribution is -2.41. The number of carbonyl (C=O) groups is 2. The lowest BCUT2D eigenvalue weighted by molar-refractivity contribution is -0.134. The number of hydrogen-bond acceptors (Lipinski definition) is 4. The predicted molar refractivity (Wildman–Crippen MR) is 97.6 cm³/mol. The Hall–Kier alpha value is -2.08. The summed E-state index contributed by atoms with van der Waals surface area (Å²) >= 11 is 0. The summed E-state index contributed by atoms with van der Waals surface area (Å²) in [5, 5.41) is 5.90. The minimum absolute atomic E-state index is 0.150. The molecule has 2 aliphatic rings. The van der Waals surface area contributed by atoms with Crippen LogP contribution in [0.5, 0.6) is 0 Å². The van der Waals surface area contributed by atoms with Crippen LogP contribution < -0.4 is 15.5 Å². The van der Waals surface area contributed by atoms with Gasteiger partial charge in [0.1, 0.15) is 5.41 Å². The first-order valence-electron chi connectivity index (χ1n) is 9.04. The Labute approximate surface area is 148 Å². The molecule has 25 heavy (non-hydrogen) atoms. The topological polar surface area (TPSA) is 70.7 Å². The molecule has 2 amide bonds. The molecule has 0 bridgehead atoms. The van der Waals surface area contributed by atoms with E-state index in [1.54, 1.807) is 0 Å². The van der Waals surface area contributed by atoms with E-state index in [1.165, 1.54) is 0 Å². The molecule has 1 aromatic carbocycles. The van der Waals surface area contributed by atoms with Crippen LogP contribution in [-0.4, -0.2) is 44.7 Å². The van der Waals surface area contributed by atoms with Crippen LogP contribution >= 0.6 is 0 Å². The van der Waals surface area contributed by atoms with E-state index in [1.807, 2.05) is 38.1 Å². The second kappa shape index (κ2) is 7.44. The zero-order valence-electron chi connectivity index (χ0n) is 15.0. The number of rotatable bonds is 6. The van der Waals surface area contributed by atoms with Gasteiger partial charge in [0.2, 0.25) is 11.8 Å². The van der Waals surface area contributed by atoms with Gasteiger partial charge in [-0.15, -0.1) is 0 Å². The first-order chi connectivity index (χ1) is 12.0. The lowest BCUT2D eigenvalue weighted by Gasteiger charge is -2.30. The SMILES string of the molecule is CC(C)CNC(=O)C1(C(=O)Nc2ccccc2N2CCOCC2)CC1. The standard InChI is InChI=1S/C19H27N3O3/c1-14(2)13-20-17(23)19(7-8-19)18(24)21-15-5-3-4-6-16(15)22-9-11-25-12-10-22/h3-6,14H,7-13H2,1-2H3,(H,20,23)(H,21,24). The third kappa shape index (κ3) is 3.95. The summed E-state index contributed by atoms with van der Waals surface area (Å²) in [6.07, 6.45) is 1.23. The van der Waals surface area contributed by atoms with E-state index in [0.29, 0.717) is 38.5 Å². The molecule has 1 aromatic rings. The van der Waals surface area contributed by atoms with E-state index in [9.17, 15) is 9.59 Å². The van der Waals surface area contributed by atoms with E-state index in [2.05, 4.69) is 15.5 Å². The molecule has 1 aliphatic heterocycles. The summed E-state index contributed by atoms with van der Waals surface area (Å²) in [6, 6.07) is 7.75. The molecule has 136 valence electrons. The van der Waals surface area contributed by atoms with Crippen molar-refractivity contribution in [1.29, 1.82) is 0 Å². The zero-order chi connectivity index (χ0) is 17.9. The number of anilines is 2. The molecule has 0 atom stereocenters. The summed E-state index contributed by atoms with van der Waals surface area (Å²) in [4.78, 5) is 27.5. The van der Waals surface area contributed by atoms with Crippen molar-refractivity contribution in [2.75, 3.05) is 43.1 Å². The summed E-state index contributed by atoms with van der Waals surface area (Å²) in [6.45, 7) is 7.64. The Kier molecular flexibility index (Phi) is 5.27. The van der Waals surface area contributed by atoms with Gasteiger partial charge in [0.15, 0.2) is 0 Å². The second-order valence-corrected chi connectivity index (χ2v) is 7.26. The van der Waals surface area contributed by atoms with E-state index in [4.69, 9.17) is 4.74 Å². The molecule has 1 heterocycles. The average molecular weight is 345 g/mol. The van der Waals surface area contributed by atoms with Crippen LogP contribution in [0.4, 0.5) is 11.4 Å². The zero-order valence-corrected chi connectivity index (χ0v) is 15.0. The molecule has 0 aromatic heterocycles. The maximum atomic E-state index is 12.8. The summed E-state index contributed by atoms with van der Waals surface area (Å²) in [5.74, 6) is 0.0156. The Bertz CT molecular complexity index is 635. The van der Waals surface area contributed by atoms with Crippen LogP contribution in [0.1, 0.15) is 26.7 Å². The Balaban J connectivity index is 1.70. The molecular formula is C19H27N3O3. The average Bonchev–Trinajstić information content (AvgIpc) is 3.43. The Morgan fingerprint density at radius 3 is 2.48 bits per heavy atom. The van der Waals surface area contributed by atoms with Gasteiger partial charge < -0.3 is 20.3 Å². The quantitative estimate of drug-likeness (QED) is 0.774. The van der Waals surface area contributed by atoms with Gasteiger partial charge in [-0.2, -0.15) is 0 Å². The number of nitrogens with one attached hydrogen (secondary N) is 2. The first kappa shape index (κ1) is 17.7. The molecule has 1 saturated heterocycles. The van der Waals surface area contributed by atoms with Gasteiger partial charge in [0, 0.05) is 19.6 Å². The third-order valence-corrected chi connectivity index (χ3v) is 4.79. The Morgan fingerprint density at radius 2 is 1.84 bits per heavy atom. The van der Waals surface area contributed by atoms with Gasteiger partial charge in [0.05, 0.1) is 24.6 Å². The van der Waals surface area contributed by atoms with Gasteiger partial charge in [-0.3, -0.25) is 9.59 Å². The van der Waals surface area contributed by atoms with Crippen molar-refractivity contribution in [1.82, 2.24) is 5.32 Å². The van der Waals surface area contributed by atoms with Crippen molar-refractivity contribution in [3.8, 4) is 0 Å². The molecule has 0 spiro atoms. The molecule has 0 radical (unpaired) electrons. The molecule has 0 unspecified atom stereocenters. The molecule has 2 N–H and O–H groups in total.